The molecule has 0 aromatic heterocycles. The summed E-state index contributed by atoms with van der Waals surface area (Å²) in [7, 11) is 1.38. The second kappa shape index (κ2) is 3.96. The molecule has 0 spiro atoms. The van der Waals surface area contributed by atoms with Crippen LogP contribution in [0, 0.1) is 5.41 Å². The van der Waals surface area contributed by atoms with E-state index in [1.807, 2.05) is 0 Å². The molecule has 0 aliphatic carbocycles. The van der Waals surface area contributed by atoms with Crippen LogP contribution >= 0.6 is 0 Å². The van der Waals surface area contributed by atoms with E-state index in [2.05, 4.69) is 11.3 Å². The molecule has 0 aromatic rings. The Balaban J connectivity index is 4.32. The molecule has 0 rings (SSSR count). The standard InChI is InChI=1S/C9H14O2/c1-5-6-7-9(2,3)8(10)11-4/h5-7H,1H2,2-4H3/b7-6+. The first-order valence-corrected chi connectivity index (χ1v) is 3.43. The number of ether oxygens (including phenoxy) is 1. The lowest BCUT2D eigenvalue weighted by Gasteiger charge is -2.15. The van der Waals surface area contributed by atoms with Crippen molar-refractivity contribution in [1.29, 1.82) is 0 Å². The monoisotopic (exact) mass is 154 g/mol. The molecule has 0 bridgehead atoms. The van der Waals surface area contributed by atoms with Crippen LogP contribution in [0.5, 0.6) is 0 Å². The van der Waals surface area contributed by atoms with Crippen LogP contribution in [-0.2, 0) is 9.53 Å². The van der Waals surface area contributed by atoms with Gasteiger partial charge in [0, 0.05) is 0 Å². The summed E-state index contributed by atoms with van der Waals surface area (Å²) in [6.07, 6.45) is 5.12. The molecular formula is C9H14O2. The first-order valence-electron chi connectivity index (χ1n) is 3.43. The molecule has 0 radical (unpaired) electrons. The van der Waals surface area contributed by atoms with E-state index < -0.39 is 5.41 Å². The van der Waals surface area contributed by atoms with Crippen molar-refractivity contribution in [3.8, 4) is 0 Å². The van der Waals surface area contributed by atoms with Crippen molar-refractivity contribution < 1.29 is 9.53 Å². The summed E-state index contributed by atoms with van der Waals surface area (Å²) in [6.45, 7) is 7.09. The highest BCUT2D eigenvalue weighted by Gasteiger charge is 2.24. The van der Waals surface area contributed by atoms with Gasteiger partial charge in [0.25, 0.3) is 0 Å². The van der Waals surface area contributed by atoms with Crippen molar-refractivity contribution in [2.75, 3.05) is 7.11 Å². The predicted molar refractivity (Wildman–Crippen MR) is 45.1 cm³/mol. The second-order valence-corrected chi connectivity index (χ2v) is 2.81. The van der Waals surface area contributed by atoms with Crippen molar-refractivity contribution in [3.05, 3.63) is 24.8 Å². The Morgan fingerprint density at radius 2 is 2.09 bits per heavy atom. The zero-order valence-corrected chi connectivity index (χ0v) is 7.26. The van der Waals surface area contributed by atoms with Crippen LogP contribution in [0.15, 0.2) is 24.8 Å². The van der Waals surface area contributed by atoms with Crippen molar-refractivity contribution in [1.82, 2.24) is 0 Å². The Labute approximate surface area is 67.6 Å². The Bertz CT molecular complexity index is 178. The summed E-state index contributed by atoms with van der Waals surface area (Å²) in [5.74, 6) is -0.240. The van der Waals surface area contributed by atoms with Gasteiger partial charge < -0.3 is 4.74 Å². The van der Waals surface area contributed by atoms with Gasteiger partial charge in [0.1, 0.15) is 0 Å². The summed E-state index contributed by atoms with van der Waals surface area (Å²) in [6, 6.07) is 0. The number of carbonyl (C=O) groups is 1. The van der Waals surface area contributed by atoms with Crippen LogP contribution < -0.4 is 0 Å². The van der Waals surface area contributed by atoms with Crippen molar-refractivity contribution in [3.63, 3.8) is 0 Å². The van der Waals surface area contributed by atoms with Gasteiger partial charge in [-0.15, -0.1) is 0 Å². The molecule has 0 aromatic carbocycles. The topological polar surface area (TPSA) is 26.3 Å². The second-order valence-electron chi connectivity index (χ2n) is 2.81. The van der Waals surface area contributed by atoms with Gasteiger partial charge in [-0.05, 0) is 13.8 Å². The molecule has 0 atom stereocenters. The first kappa shape index (κ1) is 9.95. The van der Waals surface area contributed by atoms with Gasteiger partial charge in [0.05, 0.1) is 12.5 Å². The fourth-order valence-electron chi connectivity index (χ4n) is 0.640. The molecule has 2 nitrogen and oxygen atoms in total. The van der Waals surface area contributed by atoms with Gasteiger partial charge in [0.2, 0.25) is 0 Å². The van der Waals surface area contributed by atoms with Gasteiger partial charge in [-0.3, -0.25) is 4.79 Å². The number of rotatable bonds is 3. The Hall–Kier alpha value is -1.05. The van der Waals surface area contributed by atoms with E-state index in [-0.39, 0.29) is 5.97 Å². The molecule has 0 unspecified atom stereocenters. The van der Waals surface area contributed by atoms with Crippen molar-refractivity contribution >= 4 is 5.97 Å². The molecule has 0 N–H and O–H groups in total. The van der Waals surface area contributed by atoms with E-state index in [4.69, 9.17) is 0 Å². The third kappa shape index (κ3) is 3.03. The smallest absolute Gasteiger partial charge is 0.315 e. The molecule has 0 heterocycles. The number of hydrogen-bond acceptors (Lipinski definition) is 2. The number of allylic oxidation sites excluding steroid dienone is 2. The number of methoxy groups -OCH3 is 1. The maximum Gasteiger partial charge on any atom is 0.315 e. The molecule has 62 valence electrons. The van der Waals surface area contributed by atoms with Crippen LogP contribution in [0.2, 0.25) is 0 Å². The van der Waals surface area contributed by atoms with Crippen LogP contribution in [0.4, 0.5) is 0 Å². The highest BCUT2D eigenvalue weighted by Crippen LogP contribution is 2.18. The van der Waals surface area contributed by atoms with Gasteiger partial charge >= 0.3 is 5.97 Å². The summed E-state index contributed by atoms with van der Waals surface area (Å²) >= 11 is 0. The molecule has 2 heteroatoms. The van der Waals surface area contributed by atoms with E-state index in [0.29, 0.717) is 0 Å². The fourth-order valence-corrected chi connectivity index (χ4v) is 0.640. The van der Waals surface area contributed by atoms with Gasteiger partial charge in [-0.2, -0.15) is 0 Å². The minimum atomic E-state index is -0.553. The van der Waals surface area contributed by atoms with E-state index >= 15 is 0 Å². The third-order valence-electron chi connectivity index (χ3n) is 1.36. The zero-order chi connectivity index (χ0) is 8.91. The Morgan fingerprint density at radius 3 is 2.45 bits per heavy atom. The van der Waals surface area contributed by atoms with Gasteiger partial charge in [-0.1, -0.05) is 24.8 Å². The minimum Gasteiger partial charge on any atom is -0.468 e. The summed E-state index contributed by atoms with van der Waals surface area (Å²) in [5, 5.41) is 0. The van der Waals surface area contributed by atoms with Crippen LogP contribution in [0.25, 0.3) is 0 Å². The van der Waals surface area contributed by atoms with Crippen LogP contribution in [0.3, 0.4) is 0 Å². The number of esters is 1. The van der Waals surface area contributed by atoms with Crippen LogP contribution in [-0.4, -0.2) is 13.1 Å². The number of carbonyl (C=O) groups excluding carboxylic acids is 1. The minimum absolute atomic E-state index is 0.240. The van der Waals surface area contributed by atoms with Crippen molar-refractivity contribution in [2.24, 2.45) is 5.41 Å². The maximum atomic E-state index is 11.0. The fraction of sp³-hybridized carbons (Fsp3) is 0.444. The van der Waals surface area contributed by atoms with Gasteiger partial charge in [-0.25, -0.2) is 0 Å². The average Bonchev–Trinajstić information content (AvgIpc) is 1.99. The Kier molecular flexibility index (Phi) is 3.58. The normalized spacial score (nSPS) is 11.5. The Morgan fingerprint density at radius 1 is 1.55 bits per heavy atom. The highest BCUT2D eigenvalue weighted by molar-refractivity contribution is 5.78. The SMILES string of the molecule is C=C/C=C/C(C)(C)C(=O)OC. The zero-order valence-electron chi connectivity index (χ0n) is 7.26. The highest BCUT2D eigenvalue weighted by atomic mass is 16.5. The average molecular weight is 154 g/mol. The summed E-state index contributed by atoms with van der Waals surface area (Å²) in [5.41, 5.74) is -0.553. The lowest BCUT2D eigenvalue weighted by molar-refractivity contribution is -0.148. The number of hydrogen-bond donors (Lipinski definition) is 0. The largest absolute Gasteiger partial charge is 0.468 e. The quantitative estimate of drug-likeness (QED) is 0.458. The van der Waals surface area contributed by atoms with Gasteiger partial charge in [0.15, 0.2) is 0 Å². The van der Waals surface area contributed by atoms with Crippen molar-refractivity contribution in [2.45, 2.75) is 13.8 Å². The van der Waals surface area contributed by atoms with Crippen LogP contribution in [0.1, 0.15) is 13.8 Å². The summed E-state index contributed by atoms with van der Waals surface area (Å²) in [4.78, 5) is 11.0. The van der Waals surface area contributed by atoms with E-state index in [1.54, 1.807) is 32.1 Å². The molecule has 0 fully saturated rings. The molecule has 11 heavy (non-hydrogen) atoms. The molecule has 0 aliphatic heterocycles. The lowest BCUT2D eigenvalue weighted by atomic mass is 9.93. The molecule has 0 amide bonds. The molecule has 0 saturated heterocycles. The predicted octanol–water partition coefficient (Wildman–Crippen LogP) is 1.93. The lowest BCUT2D eigenvalue weighted by Crippen LogP contribution is -2.22. The maximum absolute atomic E-state index is 11.0. The van der Waals surface area contributed by atoms with E-state index in [9.17, 15) is 4.79 Å². The molecule has 0 aliphatic rings. The third-order valence-corrected chi connectivity index (χ3v) is 1.36. The van der Waals surface area contributed by atoms with E-state index in [1.165, 1.54) is 7.11 Å². The summed E-state index contributed by atoms with van der Waals surface area (Å²) < 4.78 is 4.59. The first-order chi connectivity index (χ1) is 5.04. The molecule has 0 saturated carbocycles. The molecular weight excluding hydrogens is 140 g/mol. The van der Waals surface area contributed by atoms with E-state index in [0.717, 1.165) is 0 Å².